The highest BCUT2D eigenvalue weighted by Crippen LogP contribution is 2.24. The van der Waals surface area contributed by atoms with Gasteiger partial charge in [-0.3, -0.25) is 0 Å². The lowest BCUT2D eigenvalue weighted by molar-refractivity contribution is 0.353. The van der Waals surface area contributed by atoms with Crippen LogP contribution in [0.3, 0.4) is 0 Å². The van der Waals surface area contributed by atoms with Crippen LogP contribution >= 0.6 is 0 Å². The Kier molecular flexibility index (Phi) is 1.35. The second-order valence-corrected chi connectivity index (χ2v) is 2.64. The highest BCUT2D eigenvalue weighted by Gasteiger charge is 2.19. The summed E-state index contributed by atoms with van der Waals surface area (Å²) >= 11 is 0. The number of nitrogens with zero attached hydrogens (tertiary/aromatic N) is 2. The first kappa shape index (κ1) is 6.67. The van der Waals surface area contributed by atoms with Gasteiger partial charge in [-0.25, -0.2) is 4.68 Å². The van der Waals surface area contributed by atoms with E-state index in [-0.39, 0.29) is 0 Å². The van der Waals surface area contributed by atoms with Gasteiger partial charge in [0.05, 0.1) is 17.8 Å². The first-order valence-corrected chi connectivity index (χ1v) is 3.72. The fourth-order valence-electron chi connectivity index (χ4n) is 1.37. The Labute approximate surface area is 64.9 Å². The third-order valence-corrected chi connectivity index (χ3v) is 1.95. The van der Waals surface area contributed by atoms with Crippen molar-refractivity contribution in [3.05, 3.63) is 11.3 Å². The number of aryl methyl sites for hydroxylation is 1. The molecule has 0 aromatic carbocycles. The molecule has 2 N–H and O–H groups in total. The molecular weight excluding hydrogens is 142 g/mol. The number of fused-ring (bicyclic) bond motifs is 1. The van der Waals surface area contributed by atoms with Crippen LogP contribution < -0.4 is 10.5 Å². The Morgan fingerprint density at radius 2 is 2.55 bits per heavy atom. The summed E-state index contributed by atoms with van der Waals surface area (Å²) in [4.78, 5) is 0. The van der Waals surface area contributed by atoms with Crippen LogP contribution in [0.2, 0.25) is 0 Å². The Balaban J connectivity index is 2.52. The summed E-state index contributed by atoms with van der Waals surface area (Å²) in [5.41, 5.74) is 7.57. The van der Waals surface area contributed by atoms with E-state index in [2.05, 4.69) is 5.10 Å². The molecule has 2 heterocycles. The molecule has 0 saturated heterocycles. The molecule has 60 valence electrons. The van der Waals surface area contributed by atoms with Crippen LogP contribution in [0.4, 0.5) is 0 Å². The van der Waals surface area contributed by atoms with Crippen molar-refractivity contribution in [2.45, 2.75) is 20.0 Å². The van der Waals surface area contributed by atoms with E-state index >= 15 is 0 Å². The molecule has 0 spiro atoms. The molecule has 0 saturated carbocycles. The lowest BCUT2D eigenvalue weighted by atomic mass is 10.2. The molecular formula is C7H11N3O. The van der Waals surface area contributed by atoms with Gasteiger partial charge in [-0.2, -0.15) is 5.10 Å². The zero-order valence-corrected chi connectivity index (χ0v) is 6.50. The van der Waals surface area contributed by atoms with E-state index in [1.165, 1.54) is 0 Å². The van der Waals surface area contributed by atoms with Crippen LogP contribution in [0.1, 0.15) is 11.3 Å². The average Bonchev–Trinajstić information content (AvgIpc) is 2.46. The quantitative estimate of drug-likeness (QED) is 0.620. The summed E-state index contributed by atoms with van der Waals surface area (Å²) in [7, 11) is 0. The van der Waals surface area contributed by atoms with Crippen LogP contribution in [-0.4, -0.2) is 16.4 Å². The minimum absolute atomic E-state index is 0.515. The lowest BCUT2D eigenvalue weighted by Gasteiger charge is -1.96. The van der Waals surface area contributed by atoms with Crippen LogP contribution in [0.15, 0.2) is 0 Å². The van der Waals surface area contributed by atoms with E-state index in [0.29, 0.717) is 6.54 Å². The van der Waals surface area contributed by atoms with Crippen molar-refractivity contribution in [2.75, 3.05) is 6.61 Å². The molecule has 1 aromatic rings. The predicted molar refractivity (Wildman–Crippen MR) is 40.4 cm³/mol. The van der Waals surface area contributed by atoms with Crippen molar-refractivity contribution in [1.82, 2.24) is 9.78 Å². The predicted octanol–water partition coefficient (Wildman–Crippen LogP) is 0.0426. The maximum absolute atomic E-state index is 5.53. The Bertz CT molecular complexity index is 279. The van der Waals surface area contributed by atoms with E-state index in [0.717, 1.165) is 30.3 Å². The van der Waals surface area contributed by atoms with Gasteiger partial charge in [0, 0.05) is 6.54 Å². The molecule has 0 atom stereocenters. The summed E-state index contributed by atoms with van der Waals surface area (Å²) in [6, 6.07) is 0. The largest absolute Gasteiger partial charge is 0.476 e. The van der Waals surface area contributed by atoms with Gasteiger partial charge in [0.25, 0.3) is 0 Å². The number of rotatable bonds is 1. The zero-order chi connectivity index (χ0) is 7.84. The monoisotopic (exact) mass is 153 g/mol. The smallest absolute Gasteiger partial charge is 0.216 e. The lowest BCUT2D eigenvalue weighted by Crippen LogP contribution is -2.00. The van der Waals surface area contributed by atoms with Crippen LogP contribution in [0.5, 0.6) is 5.88 Å². The third kappa shape index (κ3) is 0.826. The maximum atomic E-state index is 5.53. The third-order valence-electron chi connectivity index (χ3n) is 1.95. The summed E-state index contributed by atoms with van der Waals surface area (Å²) in [6.07, 6.45) is 0. The normalized spacial score (nSPS) is 14.7. The Hall–Kier alpha value is -1.03. The van der Waals surface area contributed by atoms with Gasteiger partial charge in [-0.05, 0) is 6.92 Å². The standard InChI is InChI=1S/C7H11N3O/c1-5-6(4-8)7-10(9-5)2-3-11-7/h2-4,8H2,1H3. The SMILES string of the molecule is Cc1nn2c(c1CN)OCC2. The fourth-order valence-corrected chi connectivity index (χ4v) is 1.37. The molecule has 4 nitrogen and oxygen atoms in total. The van der Waals surface area contributed by atoms with Crippen molar-refractivity contribution in [3.63, 3.8) is 0 Å². The molecule has 0 fully saturated rings. The van der Waals surface area contributed by atoms with Gasteiger partial charge in [0.1, 0.15) is 6.61 Å². The first-order chi connectivity index (χ1) is 5.33. The van der Waals surface area contributed by atoms with Gasteiger partial charge in [-0.15, -0.1) is 0 Å². The van der Waals surface area contributed by atoms with Crippen LogP contribution in [0, 0.1) is 6.92 Å². The van der Waals surface area contributed by atoms with Gasteiger partial charge in [0.15, 0.2) is 0 Å². The highest BCUT2D eigenvalue weighted by molar-refractivity contribution is 5.31. The number of aromatic nitrogens is 2. The molecule has 0 amide bonds. The van der Waals surface area contributed by atoms with Crippen LogP contribution in [-0.2, 0) is 13.1 Å². The second-order valence-electron chi connectivity index (χ2n) is 2.64. The Morgan fingerprint density at radius 1 is 1.73 bits per heavy atom. The van der Waals surface area contributed by atoms with Crippen LogP contribution in [0.25, 0.3) is 0 Å². The van der Waals surface area contributed by atoms with E-state index in [1.54, 1.807) is 0 Å². The van der Waals surface area contributed by atoms with E-state index in [4.69, 9.17) is 10.5 Å². The number of hydrogen-bond acceptors (Lipinski definition) is 3. The molecule has 1 aromatic heterocycles. The number of hydrogen-bond donors (Lipinski definition) is 1. The molecule has 0 bridgehead atoms. The van der Waals surface area contributed by atoms with Gasteiger partial charge >= 0.3 is 0 Å². The van der Waals surface area contributed by atoms with E-state index in [1.807, 2.05) is 11.6 Å². The minimum Gasteiger partial charge on any atom is -0.476 e. The molecule has 0 aliphatic carbocycles. The molecule has 4 heteroatoms. The maximum Gasteiger partial charge on any atom is 0.216 e. The van der Waals surface area contributed by atoms with Gasteiger partial charge < -0.3 is 10.5 Å². The first-order valence-electron chi connectivity index (χ1n) is 3.72. The van der Waals surface area contributed by atoms with E-state index < -0.39 is 0 Å². The van der Waals surface area contributed by atoms with E-state index in [9.17, 15) is 0 Å². The molecule has 2 rings (SSSR count). The summed E-state index contributed by atoms with van der Waals surface area (Å²) in [5.74, 6) is 0.866. The summed E-state index contributed by atoms with van der Waals surface area (Å²) in [6.45, 7) is 4.06. The summed E-state index contributed by atoms with van der Waals surface area (Å²) in [5, 5.41) is 4.27. The van der Waals surface area contributed by atoms with Crippen molar-refractivity contribution < 1.29 is 4.74 Å². The number of ether oxygens (including phenoxy) is 1. The van der Waals surface area contributed by atoms with Gasteiger partial charge in [-0.1, -0.05) is 0 Å². The average molecular weight is 153 g/mol. The zero-order valence-electron chi connectivity index (χ0n) is 6.50. The molecule has 0 unspecified atom stereocenters. The van der Waals surface area contributed by atoms with Crippen molar-refractivity contribution in [2.24, 2.45) is 5.73 Å². The molecule has 1 aliphatic rings. The molecule has 11 heavy (non-hydrogen) atoms. The fraction of sp³-hybridized carbons (Fsp3) is 0.571. The Morgan fingerprint density at radius 3 is 3.27 bits per heavy atom. The highest BCUT2D eigenvalue weighted by atomic mass is 16.5. The van der Waals surface area contributed by atoms with Crippen molar-refractivity contribution in [3.8, 4) is 5.88 Å². The number of nitrogens with two attached hydrogens (primary N) is 1. The molecule has 0 radical (unpaired) electrons. The van der Waals surface area contributed by atoms with Gasteiger partial charge in [0.2, 0.25) is 5.88 Å². The second kappa shape index (κ2) is 2.23. The summed E-state index contributed by atoms with van der Waals surface area (Å²) < 4.78 is 7.23. The van der Waals surface area contributed by atoms with Crippen molar-refractivity contribution in [1.29, 1.82) is 0 Å². The topological polar surface area (TPSA) is 53.1 Å². The minimum atomic E-state index is 0.515. The van der Waals surface area contributed by atoms with Crippen molar-refractivity contribution >= 4 is 0 Å². The molecule has 1 aliphatic heterocycles.